The predicted molar refractivity (Wildman–Crippen MR) is 122 cm³/mol. The molecule has 0 unspecified atom stereocenters. The molecular formula is C25H21N5O3. The van der Waals surface area contributed by atoms with Crippen LogP contribution in [0.1, 0.15) is 28.6 Å². The number of pyridine rings is 1. The fourth-order valence-electron chi connectivity index (χ4n) is 3.91. The lowest BCUT2D eigenvalue weighted by Crippen LogP contribution is -2.31. The highest BCUT2D eigenvalue weighted by molar-refractivity contribution is 6.00. The summed E-state index contributed by atoms with van der Waals surface area (Å²) in [6.45, 7) is 0.325. The molecule has 8 heteroatoms. The number of carbonyl (C=O) groups is 1. The van der Waals surface area contributed by atoms with Crippen LogP contribution in [-0.2, 0) is 4.84 Å². The number of rotatable bonds is 5. The lowest BCUT2D eigenvalue weighted by Gasteiger charge is -2.21. The van der Waals surface area contributed by atoms with E-state index in [9.17, 15) is 4.79 Å². The summed E-state index contributed by atoms with van der Waals surface area (Å²) in [5, 5.41) is 8.20. The molecule has 33 heavy (non-hydrogen) atoms. The van der Waals surface area contributed by atoms with Gasteiger partial charge in [-0.1, -0.05) is 58.8 Å². The Hall–Kier alpha value is -4.33. The van der Waals surface area contributed by atoms with Crippen LogP contribution in [0.25, 0.3) is 22.7 Å². The van der Waals surface area contributed by atoms with Crippen molar-refractivity contribution in [1.29, 1.82) is 0 Å². The number of likely N-dealkylation sites (tertiary alicyclic amines) is 1. The first kappa shape index (κ1) is 20.6. The van der Waals surface area contributed by atoms with Crippen molar-refractivity contribution in [1.82, 2.24) is 20.0 Å². The van der Waals surface area contributed by atoms with Gasteiger partial charge in [-0.05, 0) is 35.4 Å². The van der Waals surface area contributed by atoms with Gasteiger partial charge in [0.05, 0.1) is 12.3 Å². The number of nitrogens with zero attached hydrogens (tertiary/aromatic N) is 5. The van der Waals surface area contributed by atoms with E-state index in [1.54, 1.807) is 17.2 Å². The molecule has 0 aliphatic carbocycles. The van der Waals surface area contributed by atoms with E-state index in [0.717, 1.165) is 16.8 Å². The van der Waals surface area contributed by atoms with Crippen LogP contribution in [0.4, 0.5) is 0 Å². The zero-order chi connectivity index (χ0) is 22.6. The predicted octanol–water partition coefficient (Wildman–Crippen LogP) is 4.39. The number of hydrogen-bond donors (Lipinski definition) is 0. The molecular weight excluding hydrogens is 418 g/mol. The number of oxime groups is 1. The normalized spacial score (nSPS) is 16.8. The molecule has 2 aromatic carbocycles. The summed E-state index contributed by atoms with van der Waals surface area (Å²) in [4.78, 5) is 28.8. The Morgan fingerprint density at radius 3 is 2.52 bits per heavy atom. The lowest BCUT2D eigenvalue weighted by atomic mass is 10.0. The van der Waals surface area contributed by atoms with Gasteiger partial charge in [0.1, 0.15) is 18.8 Å². The molecule has 0 bridgehead atoms. The van der Waals surface area contributed by atoms with Crippen LogP contribution in [-0.4, -0.2) is 45.3 Å². The van der Waals surface area contributed by atoms with E-state index in [2.05, 4.69) is 20.3 Å². The summed E-state index contributed by atoms with van der Waals surface area (Å²) in [5.41, 5.74) is 4.03. The summed E-state index contributed by atoms with van der Waals surface area (Å²) >= 11 is 0. The minimum atomic E-state index is -0.415. The fourth-order valence-corrected chi connectivity index (χ4v) is 3.91. The summed E-state index contributed by atoms with van der Waals surface area (Å²) in [6, 6.07) is 22.6. The van der Waals surface area contributed by atoms with E-state index in [1.165, 1.54) is 7.11 Å². The lowest BCUT2D eigenvalue weighted by molar-refractivity contribution is 0.0732. The second-order valence-corrected chi connectivity index (χ2v) is 7.61. The second kappa shape index (κ2) is 9.04. The Bertz CT molecular complexity index is 1270. The number of hydrogen-bond acceptors (Lipinski definition) is 7. The van der Waals surface area contributed by atoms with Crippen molar-refractivity contribution in [2.75, 3.05) is 13.7 Å². The maximum absolute atomic E-state index is 13.4. The summed E-state index contributed by atoms with van der Waals surface area (Å²) in [7, 11) is 1.49. The van der Waals surface area contributed by atoms with Gasteiger partial charge in [-0.15, -0.1) is 0 Å². The van der Waals surface area contributed by atoms with Crippen molar-refractivity contribution < 1.29 is 14.2 Å². The Labute approximate surface area is 190 Å². The fraction of sp³-hybridized carbons (Fsp3) is 0.160. The Kier molecular flexibility index (Phi) is 5.63. The summed E-state index contributed by atoms with van der Waals surface area (Å²) < 4.78 is 5.42. The topological polar surface area (TPSA) is 93.7 Å². The Balaban J connectivity index is 1.42. The highest BCUT2D eigenvalue weighted by Crippen LogP contribution is 2.32. The number of carbonyl (C=O) groups excluding carboxylic acids is 1. The van der Waals surface area contributed by atoms with Crippen molar-refractivity contribution in [3.63, 3.8) is 0 Å². The van der Waals surface area contributed by atoms with Crippen LogP contribution in [0.3, 0.4) is 0 Å². The largest absolute Gasteiger partial charge is 0.399 e. The van der Waals surface area contributed by atoms with Crippen LogP contribution < -0.4 is 0 Å². The molecule has 0 N–H and O–H groups in total. The number of benzene rings is 2. The molecule has 1 aliphatic heterocycles. The van der Waals surface area contributed by atoms with E-state index in [4.69, 9.17) is 9.36 Å². The highest BCUT2D eigenvalue weighted by Gasteiger charge is 2.38. The molecule has 1 aliphatic rings. The smallest absolute Gasteiger partial charge is 0.276 e. The third-order valence-electron chi connectivity index (χ3n) is 5.50. The monoisotopic (exact) mass is 439 g/mol. The molecule has 2 aromatic heterocycles. The summed E-state index contributed by atoms with van der Waals surface area (Å²) in [5.74, 6) is 0.582. The highest BCUT2D eigenvalue weighted by atomic mass is 16.6. The number of amides is 1. The Morgan fingerprint density at radius 2 is 1.79 bits per heavy atom. The number of aromatic nitrogens is 3. The maximum atomic E-state index is 13.4. The van der Waals surface area contributed by atoms with Gasteiger partial charge < -0.3 is 14.3 Å². The van der Waals surface area contributed by atoms with Gasteiger partial charge >= 0.3 is 0 Å². The van der Waals surface area contributed by atoms with Gasteiger partial charge in [-0.3, -0.25) is 9.78 Å². The molecule has 8 nitrogen and oxygen atoms in total. The van der Waals surface area contributed by atoms with Crippen molar-refractivity contribution in [2.24, 2.45) is 5.16 Å². The Morgan fingerprint density at radius 1 is 1.03 bits per heavy atom. The molecule has 0 radical (unpaired) electrons. The van der Waals surface area contributed by atoms with Gasteiger partial charge in [-0.2, -0.15) is 4.98 Å². The van der Waals surface area contributed by atoms with Gasteiger partial charge in [0, 0.05) is 18.2 Å². The molecule has 0 saturated carbocycles. The zero-order valence-electron chi connectivity index (χ0n) is 18.0. The standard InChI is InChI=1S/C25H21N5O3/c1-32-28-20-15-22(23-27-24(33-29-23)21-9-5-6-14-26-21)30(16-20)25(31)19-12-10-18(11-13-19)17-7-3-2-4-8-17/h2-14,22H,15-16H2,1H3/b28-20-/t22-/m0/s1. The SMILES string of the molecule is CO/N=C1/C[C@@H](c2noc(-c3ccccn3)n2)N(C(=O)c2ccc(-c3ccccc3)cc2)C1. The van der Waals surface area contributed by atoms with Gasteiger partial charge in [0.25, 0.3) is 11.8 Å². The van der Waals surface area contributed by atoms with Crippen molar-refractivity contribution in [3.8, 4) is 22.7 Å². The van der Waals surface area contributed by atoms with Crippen molar-refractivity contribution in [2.45, 2.75) is 12.5 Å². The molecule has 1 amide bonds. The van der Waals surface area contributed by atoms with Gasteiger partial charge in [-0.25, -0.2) is 0 Å². The van der Waals surface area contributed by atoms with Gasteiger partial charge in [0.2, 0.25) is 0 Å². The minimum Gasteiger partial charge on any atom is -0.399 e. The molecule has 1 atom stereocenters. The van der Waals surface area contributed by atoms with Gasteiger partial charge in [0.15, 0.2) is 5.82 Å². The van der Waals surface area contributed by atoms with E-state index in [-0.39, 0.29) is 5.91 Å². The molecule has 164 valence electrons. The molecule has 3 heterocycles. The first-order valence-corrected chi connectivity index (χ1v) is 10.5. The van der Waals surface area contributed by atoms with E-state index in [1.807, 2.05) is 66.7 Å². The van der Waals surface area contributed by atoms with Crippen LogP contribution >= 0.6 is 0 Å². The quantitative estimate of drug-likeness (QED) is 0.428. The zero-order valence-corrected chi connectivity index (χ0v) is 18.0. The van der Waals surface area contributed by atoms with Crippen LogP contribution in [0.2, 0.25) is 0 Å². The molecule has 5 rings (SSSR count). The van der Waals surface area contributed by atoms with E-state index in [0.29, 0.717) is 35.9 Å². The molecule has 0 spiro atoms. The third kappa shape index (κ3) is 4.23. The molecule has 1 saturated heterocycles. The second-order valence-electron chi connectivity index (χ2n) is 7.61. The van der Waals surface area contributed by atoms with E-state index < -0.39 is 6.04 Å². The van der Waals surface area contributed by atoms with Crippen LogP contribution in [0.5, 0.6) is 0 Å². The molecule has 4 aromatic rings. The first-order chi connectivity index (χ1) is 16.2. The average Bonchev–Trinajstić information content (AvgIpc) is 3.53. The van der Waals surface area contributed by atoms with E-state index >= 15 is 0 Å². The summed E-state index contributed by atoms with van der Waals surface area (Å²) in [6.07, 6.45) is 2.12. The average molecular weight is 439 g/mol. The maximum Gasteiger partial charge on any atom is 0.276 e. The van der Waals surface area contributed by atoms with Crippen LogP contribution in [0.15, 0.2) is 88.7 Å². The third-order valence-corrected chi connectivity index (χ3v) is 5.50. The molecule has 1 fully saturated rings. The van der Waals surface area contributed by atoms with Crippen molar-refractivity contribution >= 4 is 11.6 Å². The minimum absolute atomic E-state index is 0.134. The first-order valence-electron chi connectivity index (χ1n) is 10.5. The van der Waals surface area contributed by atoms with Crippen molar-refractivity contribution in [3.05, 3.63) is 90.4 Å². The van der Waals surface area contributed by atoms with Crippen LogP contribution in [0, 0.1) is 0 Å².